The maximum Gasteiger partial charge on any atom is 0.255 e. The van der Waals surface area contributed by atoms with Crippen LogP contribution in [0.4, 0.5) is 5.69 Å². The molecule has 1 aliphatic rings. The van der Waals surface area contributed by atoms with Gasteiger partial charge in [-0.1, -0.05) is 38.1 Å². The van der Waals surface area contributed by atoms with E-state index in [-0.39, 0.29) is 29.7 Å². The zero-order chi connectivity index (χ0) is 22.7. The number of carbonyl (C=O) groups excluding carboxylic acids is 1. The second kappa shape index (κ2) is 9.02. The van der Waals surface area contributed by atoms with Gasteiger partial charge in [0, 0.05) is 17.8 Å². The molecule has 0 bridgehead atoms. The summed E-state index contributed by atoms with van der Waals surface area (Å²) in [7, 11) is -3.82. The quantitative estimate of drug-likeness (QED) is 0.558. The SMILES string of the molecule is CC(C)c1cccc(NC(=O)c2cccc(S(=O)(=O)NCc3ccc4c(c3)OCO4)c2)c1. The highest BCUT2D eigenvalue weighted by Gasteiger charge is 2.18. The van der Waals surface area contributed by atoms with Crippen LogP contribution >= 0.6 is 0 Å². The molecule has 0 atom stereocenters. The van der Waals surface area contributed by atoms with E-state index in [1.165, 1.54) is 12.1 Å². The lowest BCUT2D eigenvalue weighted by Crippen LogP contribution is -2.23. The Morgan fingerprint density at radius 3 is 2.56 bits per heavy atom. The van der Waals surface area contributed by atoms with Crippen LogP contribution in [0.2, 0.25) is 0 Å². The summed E-state index contributed by atoms with van der Waals surface area (Å²) in [6, 6.07) is 18.8. The van der Waals surface area contributed by atoms with Gasteiger partial charge in [-0.2, -0.15) is 0 Å². The predicted octanol–water partition coefficient (Wildman–Crippen LogP) is 4.27. The van der Waals surface area contributed by atoms with Crippen molar-refractivity contribution in [3.05, 3.63) is 83.4 Å². The largest absolute Gasteiger partial charge is 0.454 e. The fourth-order valence-corrected chi connectivity index (χ4v) is 4.36. The fourth-order valence-electron chi connectivity index (χ4n) is 3.30. The smallest absolute Gasteiger partial charge is 0.255 e. The third kappa shape index (κ3) is 4.92. The lowest BCUT2D eigenvalue weighted by atomic mass is 10.0. The van der Waals surface area contributed by atoms with E-state index >= 15 is 0 Å². The first-order chi connectivity index (χ1) is 15.3. The van der Waals surface area contributed by atoms with Crippen molar-refractivity contribution in [1.82, 2.24) is 4.72 Å². The number of hydrogen-bond donors (Lipinski definition) is 2. The van der Waals surface area contributed by atoms with Crippen molar-refractivity contribution in [3.63, 3.8) is 0 Å². The predicted molar refractivity (Wildman–Crippen MR) is 122 cm³/mol. The highest BCUT2D eigenvalue weighted by molar-refractivity contribution is 7.89. The molecule has 0 aromatic heterocycles. The van der Waals surface area contributed by atoms with Crippen molar-refractivity contribution in [3.8, 4) is 11.5 Å². The summed E-state index contributed by atoms with van der Waals surface area (Å²) in [4.78, 5) is 12.7. The van der Waals surface area contributed by atoms with Crippen molar-refractivity contribution in [1.29, 1.82) is 0 Å². The van der Waals surface area contributed by atoms with Gasteiger partial charge in [-0.15, -0.1) is 0 Å². The Hall–Kier alpha value is -3.36. The Kier molecular flexibility index (Phi) is 6.16. The number of amides is 1. The maximum absolute atomic E-state index is 12.8. The van der Waals surface area contributed by atoms with Gasteiger partial charge >= 0.3 is 0 Å². The molecule has 0 aliphatic carbocycles. The third-order valence-electron chi connectivity index (χ3n) is 5.12. The van der Waals surface area contributed by atoms with Gasteiger partial charge in [-0.05, 0) is 59.5 Å². The molecular weight excluding hydrogens is 428 g/mol. The molecule has 1 heterocycles. The summed E-state index contributed by atoms with van der Waals surface area (Å²) >= 11 is 0. The van der Waals surface area contributed by atoms with Gasteiger partial charge in [0.2, 0.25) is 16.8 Å². The van der Waals surface area contributed by atoms with Gasteiger partial charge in [-0.3, -0.25) is 4.79 Å². The number of sulfonamides is 1. The second-order valence-corrected chi connectivity index (χ2v) is 9.54. The van der Waals surface area contributed by atoms with Crippen LogP contribution < -0.4 is 19.5 Å². The summed E-state index contributed by atoms with van der Waals surface area (Å²) in [5.41, 5.74) is 2.75. The minimum atomic E-state index is -3.82. The molecule has 2 N–H and O–H groups in total. The number of rotatable bonds is 7. The third-order valence-corrected chi connectivity index (χ3v) is 6.52. The van der Waals surface area contributed by atoms with Crippen LogP contribution in [-0.2, 0) is 16.6 Å². The Morgan fingerprint density at radius 2 is 1.75 bits per heavy atom. The fraction of sp³-hybridized carbons (Fsp3) is 0.208. The van der Waals surface area contributed by atoms with Crippen LogP contribution in [0.3, 0.4) is 0 Å². The number of anilines is 1. The highest BCUT2D eigenvalue weighted by atomic mass is 32.2. The van der Waals surface area contributed by atoms with Crippen LogP contribution in [-0.4, -0.2) is 21.1 Å². The number of ether oxygens (including phenoxy) is 2. The molecule has 1 amide bonds. The summed E-state index contributed by atoms with van der Waals surface area (Å²) in [5.74, 6) is 1.17. The summed E-state index contributed by atoms with van der Waals surface area (Å²) < 4.78 is 38.7. The molecular formula is C24H24N2O5S. The van der Waals surface area contributed by atoms with E-state index in [4.69, 9.17) is 9.47 Å². The van der Waals surface area contributed by atoms with Crippen molar-refractivity contribution in [2.24, 2.45) is 0 Å². The van der Waals surface area contributed by atoms with Gasteiger partial charge in [-0.25, -0.2) is 13.1 Å². The maximum atomic E-state index is 12.8. The van der Waals surface area contributed by atoms with E-state index < -0.39 is 10.0 Å². The lowest BCUT2D eigenvalue weighted by Gasteiger charge is -2.11. The van der Waals surface area contributed by atoms with E-state index in [9.17, 15) is 13.2 Å². The first kappa shape index (κ1) is 21.9. The van der Waals surface area contributed by atoms with E-state index in [0.717, 1.165) is 11.1 Å². The van der Waals surface area contributed by atoms with Crippen LogP contribution in [0, 0.1) is 0 Å². The minimum absolute atomic E-state index is 0.0156. The first-order valence-electron chi connectivity index (χ1n) is 10.2. The Morgan fingerprint density at radius 1 is 0.969 bits per heavy atom. The Balaban J connectivity index is 1.46. The molecule has 32 heavy (non-hydrogen) atoms. The van der Waals surface area contributed by atoms with E-state index in [0.29, 0.717) is 23.1 Å². The Bertz CT molecular complexity index is 1250. The summed E-state index contributed by atoms with van der Waals surface area (Å²) in [5, 5.41) is 2.83. The molecule has 0 saturated carbocycles. The number of nitrogens with one attached hydrogen (secondary N) is 2. The monoisotopic (exact) mass is 452 g/mol. The number of carbonyl (C=O) groups is 1. The molecule has 3 aromatic rings. The molecule has 4 rings (SSSR count). The number of benzene rings is 3. The standard InChI is InChI=1S/C24H24N2O5S/c1-16(2)18-5-3-7-20(12-18)26-24(27)19-6-4-8-21(13-19)32(28,29)25-14-17-9-10-22-23(11-17)31-15-30-22/h3-13,16,25H,14-15H2,1-2H3,(H,26,27). The molecule has 0 radical (unpaired) electrons. The van der Waals surface area contributed by atoms with Gasteiger partial charge in [0.15, 0.2) is 11.5 Å². The van der Waals surface area contributed by atoms with Gasteiger partial charge in [0.05, 0.1) is 4.90 Å². The average Bonchev–Trinajstić information content (AvgIpc) is 3.26. The topological polar surface area (TPSA) is 93.7 Å². The highest BCUT2D eigenvalue weighted by Crippen LogP contribution is 2.32. The van der Waals surface area contributed by atoms with Crippen molar-refractivity contribution >= 4 is 21.6 Å². The molecule has 8 heteroatoms. The lowest BCUT2D eigenvalue weighted by molar-refractivity contribution is 0.102. The van der Waals surface area contributed by atoms with Crippen LogP contribution in [0.5, 0.6) is 11.5 Å². The van der Waals surface area contributed by atoms with Gasteiger partial charge in [0.1, 0.15) is 0 Å². The van der Waals surface area contributed by atoms with Crippen molar-refractivity contribution in [2.75, 3.05) is 12.1 Å². The molecule has 0 saturated heterocycles. The van der Waals surface area contributed by atoms with Gasteiger partial charge < -0.3 is 14.8 Å². The summed E-state index contributed by atoms with van der Waals surface area (Å²) in [6.07, 6.45) is 0. The zero-order valence-corrected chi connectivity index (χ0v) is 18.6. The summed E-state index contributed by atoms with van der Waals surface area (Å²) in [6.45, 7) is 4.39. The molecule has 0 spiro atoms. The van der Waals surface area contributed by atoms with E-state index in [2.05, 4.69) is 23.9 Å². The van der Waals surface area contributed by atoms with E-state index in [1.807, 2.05) is 18.2 Å². The molecule has 0 fully saturated rings. The first-order valence-corrected chi connectivity index (χ1v) is 11.7. The number of fused-ring (bicyclic) bond motifs is 1. The second-order valence-electron chi connectivity index (χ2n) is 7.77. The number of hydrogen-bond acceptors (Lipinski definition) is 5. The molecule has 0 unspecified atom stereocenters. The minimum Gasteiger partial charge on any atom is -0.454 e. The molecule has 7 nitrogen and oxygen atoms in total. The normalized spacial score (nSPS) is 12.7. The van der Waals surface area contributed by atoms with Crippen LogP contribution in [0.1, 0.15) is 41.3 Å². The Labute approximate surface area is 187 Å². The molecule has 1 aliphatic heterocycles. The van der Waals surface area contributed by atoms with E-state index in [1.54, 1.807) is 36.4 Å². The zero-order valence-electron chi connectivity index (χ0n) is 17.8. The average molecular weight is 453 g/mol. The van der Waals surface area contributed by atoms with Crippen molar-refractivity contribution < 1.29 is 22.7 Å². The molecule has 166 valence electrons. The van der Waals surface area contributed by atoms with Crippen molar-refractivity contribution in [2.45, 2.75) is 31.2 Å². The van der Waals surface area contributed by atoms with Crippen LogP contribution in [0.15, 0.2) is 71.6 Å². The van der Waals surface area contributed by atoms with Crippen LogP contribution in [0.25, 0.3) is 0 Å². The molecule has 3 aromatic carbocycles. The van der Waals surface area contributed by atoms with Gasteiger partial charge in [0.25, 0.3) is 5.91 Å².